The summed E-state index contributed by atoms with van der Waals surface area (Å²) in [6, 6.07) is 70.1. The van der Waals surface area contributed by atoms with E-state index in [2.05, 4.69) is 216 Å². The van der Waals surface area contributed by atoms with Gasteiger partial charge in [0.2, 0.25) is 0 Å². The molecule has 0 radical (unpaired) electrons. The SMILES string of the molecule is C1=CC(c2cccc(C3(c4ccccc4)c4ccccc4-n4c5ccccc5c5c6sc7c(-c8ccccc8)cccc7c6cc3c54)c2)[NH2+]C(c2ccccc2)=C1. The van der Waals surface area contributed by atoms with Crippen LogP contribution in [0.2, 0.25) is 0 Å². The van der Waals surface area contributed by atoms with Crippen molar-refractivity contribution in [2.24, 2.45) is 0 Å². The number of thiophene rings is 1. The van der Waals surface area contributed by atoms with Crippen LogP contribution in [0.3, 0.4) is 0 Å². The number of hydrogen-bond acceptors (Lipinski definition) is 1. The smallest absolute Gasteiger partial charge is 0.137 e. The van der Waals surface area contributed by atoms with Gasteiger partial charge in [0.1, 0.15) is 11.7 Å². The number of quaternary nitrogens is 1. The van der Waals surface area contributed by atoms with Crippen LogP contribution < -0.4 is 5.32 Å². The van der Waals surface area contributed by atoms with Crippen LogP contribution in [0.5, 0.6) is 0 Å². The fourth-order valence-corrected chi connectivity index (χ4v) is 11.4. The Bertz CT molecular complexity index is 3260. The quantitative estimate of drug-likeness (QED) is 0.181. The highest BCUT2D eigenvalue weighted by Gasteiger charge is 2.46. The molecule has 0 saturated heterocycles. The molecule has 0 aliphatic carbocycles. The monoisotopic (exact) mass is 745 g/mol. The molecule has 57 heavy (non-hydrogen) atoms. The number of rotatable bonds is 5. The molecular formula is C54H37N2S+. The molecule has 12 rings (SSSR count). The third-order valence-corrected chi connectivity index (χ3v) is 13.7. The van der Waals surface area contributed by atoms with E-state index in [9.17, 15) is 0 Å². The van der Waals surface area contributed by atoms with E-state index in [1.165, 1.54) is 97.9 Å². The van der Waals surface area contributed by atoms with Crippen molar-refractivity contribution in [1.29, 1.82) is 0 Å². The lowest BCUT2D eigenvalue weighted by atomic mass is 9.62. The van der Waals surface area contributed by atoms with Gasteiger partial charge in [0.25, 0.3) is 0 Å². The predicted octanol–water partition coefficient (Wildman–Crippen LogP) is 12.7. The topological polar surface area (TPSA) is 21.5 Å². The molecule has 2 unspecified atom stereocenters. The van der Waals surface area contributed by atoms with Crippen molar-refractivity contribution in [2.75, 3.05) is 0 Å². The highest BCUT2D eigenvalue weighted by Crippen LogP contribution is 2.57. The molecule has 268 valence electrons. The predicted molar refractivity (Wildman–Crippen MR) is 239 cm³/mol. The number of benzene rings is 8. The van der Waals surface area contributed by atoms with E-state index in [0.29, 0.717) is 0 Å². The number of hydrogen-bond donors (Lipinski definition) is 1. The third kappa shape index (κ3) is 4.67. The van der Waals surface area contributed by atoms with Gasteiger partial charge < -0.3 is 9.88 Å². The maximum Gasteiger partial charge on any atom is 0.137 e. The molecule has 0 saturated carbocycles. The Balaban J connectivity index is 1.20. The highest BCUT2D eigenvalue weighted by molar-refractivity contribution is 7.27. The summed E-state index contributed by atoms with van der Waals surface area (Å²) in [5.41, 5.74) is 14.6. The summed E-state index contributed by atoms with van der Waals surface area (Å²) in [6.07, 6.45) is 6.79. The first-order valence-electron chi connectivity index (χ1n) is 19.8. The van der Waals surface area contributed by atoms with Crippen LogP contribution in [-0.4, -0.2) is 4.57 Å². The Hall–Kier alpha value is -6.78. The summed E-state index contributed by atoms with van der Waals surface area (Å²) in [5.74, 6) is 0. The molecule has 2 N–H and O–H groups in total. The molecule has 2 aliphatic heterocycles. The lowest BCUT2D eigenvalue weighted by Crippen LogP contribution is -2.82. The van der Waals surface area contributed by atoms with Crippen molar-refractivity contribution in [1.82, 2.24) is 4.57 Å². The maximum absolute atomic E-state index is 2.57. The standard InChI is InChI=1S/C54H36N2S/c1-4-17-35(18-5-1)40-26-15-27-41-43-34-45-51-50(53(43)57-52(40)41)42-25-10-12-31-48(42)56(51)49-32-13-11-28-44(49)54(45,38-22-8-3-9-23-38)39-24-14-21-37(33-39)47-30-16-29-46(55-47)36-19-6-2-7-20-36/h1-34,47,55H/p+1. The summed E-state index contributed by atoms with van der Waals surface area (Å²) < 4.78 is 5.25. The van der Waals surface area contributed by atoms with Gasteiger partial charge in [0.15, 0.2) is 0 Å². The van der Waals surface area contributed by atoms with Gasteiger partial charge in [0, 0.05) is 42.1 Å². The molecule has 2 aromatic heterocycles. The van der Waals surface area contributed by atoms with E-state index in [1.54, 1.807) is 0 Å². The zero-order valence-corrected chi connectivity index (χ0v) is 32.0. The lowest BCUT2D eigenvalue weighted by Gasteiger charge is -2.42. The van der Waals surface area contributed by atoms with Crippen molar-refractivity contribution >= 4 is 59.0 Å². The van der Waals surface area contributed by atoms with E-state index in [-0.39, 0.29) is 6.04 Å². The van der Waals surface area contributed by atoms with Crippen LogP contribution in [0.4, 0.5) is 0 Å². The second kappa shape index (κ2) is 12.6. The summed E-state index contributed by atoms with van der Waals surface area (Å²) in [6.45, 7) is 0. The number of allylic oxidation sites excluding steroid dienone is 2. The van der Waals surface area contributed by atoms with Crippen molar-refractivity contribution in [3.8, 4) is 16.8 Å². The summed E-state index contributed by atoms with van der Waals surface area (Å²) >= 11 is 1.95. The van der Waals surface area contributed by atoms with Crippen molar-refractivity contribution < 1.29 is 5.32 Å². The van der Waals surface area contributed by atoms with Crippen LogP contribution in [0, 0.1) is 0 Å². The van der Waals surface area contributed by atoms with Crippen LogP contribution in [-0.2, 0) is 5.41 Å². The minimum atomic E-state index is -0.605. The van der Waals surface area contributed by atoms with Crippen LogP contribution >= 0.6 is 11.3 Å². The number of para-hydroxylation sites is 2. The molecule has 4 heterocycles. The molecule has 2 atom stereocenters. The fourth-order valence-electron chi connectivity index (χ4n) is 9.99. The molecule has 2 aliphatic rings. The Morgan fingerprint density at radius 1 is 0.526 bits per heavy atom. The van der Waals surface area contributed by atoms with Gasteiger partial charge in [-0.1, -0.05) is 158 Å². The molecule has 3 heteroatoms. The average molecular weight is 746 g/mol. The number of nitrogens with two attached hydrogens (primary N) is 1. The van der Waals surface area contributed by atoms with Gasteiger partial charge in [-0.15, -0.1) is 11.3 Å². The molecule has 0 amide bonds. The number of nitrogens with zero attached hydrogens (tertiary/aromatic N) is 1. The second-order valence-electron chi connectivity index (χ2n) is 15.4. The first-order chi connectivity index (χ1) is 28.3. The molecular weight excluding hydrogens is 709 g/mol. The van der Waals surface area contributed by atoms with E-state index in [0.717, 1.165) is 0 Å². The molecule has 0 fully saturated rings. The average Bonchev–Trinajstić information content (AvgIpc) is 3.84. The largest absolute Gasteiger partial charge is 0.309 e. The minimum absolute atomic E-state index is 0.142. The second-order valence-corrected chi connectivity index (χ2v) is 16.4. The Morgan fingerprint density at radius 2 is 1.21 bits per heavy atom. The Labute approximate surface area is 335 Å². The van der Waals surface area contributed by atoms with E-state index in [1.807, 2.05) is 11.3 Å². The maximum atomic E-state index is 2.57. The van der Waals surface area contributed by atoms with Crippen LogP contribution in [0.15, 0.2) is 206 Å². The number of fused-ring (bicyclic) bond motifs is 9. The molecule has 0 bridgehead atoms. The van der Waals surface area contributed by atoms with E-state index < -0.39 is 5.41 Å². The number of aromatic nitrogens is 1. The zero-order valence-electron chi connectivity index (χ0n) is 31.1. The highest BCUT2D eigenvalue weighted by atomic mass is 32.1. The summed E-state index contributed by atoms with van der Waals surface area (Å²) in [5, 5.41) is 7.67. The van der Waals surface area contributed by atoms with Crippen LogP contribution in [0.25, 0.3) is 64.5 Å². The Kier molecular flexibility index (Phi) is 7.19. The van der Waals surface area contributed by atoms with Crippen LogP contribution in [0.1, 0.15) is 39.4 Å². The van der Waals surface area contributed by atoms with Gasteiger partial charge in [-0.05, 0) is 81.9 Å². The van der Waals surface area contributed by atoms with Crippen molar-refractivity contribution in [3.63, 3.8) is 0 Å². The van der Waals surface area contributed by atoms with E-state index in [4.69, 9.17) is 0 Å². The van der Waals surface area contributed by atoms with Gasteiger partial charge in [-0.2, -0.15) is 0 Å². The first kappa shape index (κ1) is 32.5. The summed E-state index contributed by atoms with van der Waals surface area (Å²) in [7, 11) is 0. The Morgan fingerprint density at radius 3 is 2.05 bits per heavy atom. The van der Waals surface area contributed by atoms with Crippen molar-refractivity contribution in [2.45, 2.75) is 11.5 Å². The first-order valence-corrected chi connectivity index (χ1v) is 20.6. The molecule has 10 aromatic rings. The minimum Gasteiger partial charge on any atom is -0.309 e. The van der Waals surface area contributed by atoms with Gasteiger partial charge in [-0.3, -0.25) is 0 Å². The molecule has 0 spiro atoms. The lowest BCUT2D eigenvalue weighted by molar-refractivity contribution is -0.598. The molecule has 2 nitrogen and oxygen atoms in total. The summed E-state index contributed by atoms with van der Waals surface area (Å²) in [4.78, 5) is 0. The van der Waals surface area contributed by atoms with E-state index >= 15 is 0 Å². The third-order valence-electron chi connectivity index (χ3n) is 12.4. The fraction of sp³-hybridized carbons (Fsp3) is 0.0370. The normalized spacial score (nSPS) is 17.3. The van der Waals surface area contributed by atoms with Gasteiger partial charge in [-0.25, -0.2) is 0 Å². The van der Waals surface area contributed by atoms with Crippen molar-refractivity contribution in [3.05, 3.63) is 240 Å². The van der Waals surface area contributed by atoms with Gasteiger partial charge >= 0.3 is 0 Å². The molecule has 8 aromatic carbocycles. The zero-order chi connectivity index (χ0) is 37.5. The van der Waals surface area contributed by atoms with Gasteiger partial charge in [0.05, 0.1) is 22.1 Å².